The summed E-state index contributed by atoms with van der Waals surface area (Å²) in [4.78, 5) is 38.7. The number of benzene rings is 2. The minimum atomic E-state index is -0.964. The van der Waals surface area contributed by atoms with E-state index in [1.54, 1.807) is 0 Å². The van der Waals surface area contributed by atoms with Crippen molar-refractivity contribution in [2.45, 2.75) is 12.5 Å². The number of rotatable bonds is 5. The molecule has 0 N–H and O–H groups in total. The van der Waals surface area contributed by atoms with Gasteiger partial charge in [-0.3, -0.25) is 14.4 Å². The molecule has 0 aliphatic carbocycles. The molecule has 1 atom stereocenters. The maximum atomic E-state index is 12.3. The molecule has 2 aromatic rings. The van der Waals surface area contributed by atoms with E-state index >= 15 is 0 Å². The van der Waals surface area contributed by atoms with Crippen molar-refractivity contribution in [3.8, 4) is 0 Å². The van der Waals surface area contributed by atoms with Crippen LogP contribution in [0.4, 0.5) is 11.4 Å². The molecule has 1 aliphatic heterocycles. The van der Waals surface area contributed by atoms with Crippen molar-refractivity contribution in [2.24, 2.45) is 0 Å². The van der Waals surface area contributed by atoms with Crippen LogP contribution in [-0.4, -0.2) is 37.1 Å². The maximum absolute atomic E-state index is 12.3. The fourth-order valence-electron chi connectivity index (χ4n) is 3.01. The van der Waals surface area contributed by atoms with Gasteiger partial charge in [0.05, 0.1) is 12.7 Å². The highest BCUT2D eigenvalue weighted by molar-refractivity contribution is 6.59. The molecule has 5 heteroatoms. The third kappa shape index (κ3) is 3.20. The molecule has 3 rings (SSSR count). The zero-order chi connectivity index (χ0) is 16.9. The van der Waals surface area contributed by atoms with E-state index in [-0.39, 0.29) is 6.29 Å². The van der Waals surface area contributed by atoms with Crippen LogP contribution >= 0.6 is 0 Å². The van der Waals surface area contributed by atoms with Gasteiger partial charge in [-0.25, -0.2) is 0 Å². The topological polar surface area (TPSA) is 57.7 Å². The summed E-state index contributed by atoms with van der Waals surface area (Å²) in [5.74, 6) is -1.60. The highest BCUT2D eigenvalue weighted by Crippen LogP contribution is 2.26. The van der Waals surface area contributed by atoms with Crippen LogP contribution in [0.3, 0.4) is 0 Å². The molecule has 1 unspecified atom stereocenters. The highest BCUT2D eigenvalue weighted by Gasteiger charge is 2.35. The molecule has 1 aliphatic rings. The Morgan fingerprint density at radius 1 is 0.917 bits per heavy atom. The summed E-state index contributed by atoms with van der Waals surface area (Å²) >= 11 is 0. The quantitative estimate of drug-likeness (QED) is 0.479. The van der Waals surface area contributed by atoms with Gasteiger partial charge in [0, 0.05) is 17.9 Å². The molecule has 0 spiro atoms. The van der Waals surface area contributed by atoms with E-state index in [0.717, 1.165) is 11.4 Å². The lowest BCUT2D eigenvalue weighted by Gasteiger charge is -2.42. The Morgan fingerprint density at radius 3 is 2.08 bits per heavy atom. The molecule has 0 amide bonds. The Hall–Kier alpha value is -2.95. The summed E-state index contributed by atoms with van der Waals surface area (Å²) < 4.78 is 0. The largest absolute Gasteiger partial charge is 0.354 e. The Balaban J connectivity index is 1.90. The second-order valence-corrected chi connectivity index (χ2v) is 5.70. The van der Waals surface area contributed by atoms with E-state index in [2.05, 4.69) is 4.90 Å². The predicted molar refractivity (Wildman–Crippen MR) is 92.1 cm³/mol. The van der Waals surface area contributed by atoms with Gasteiger partial charge in [0.2, 0.25) is 5.78 Å². The van der Waals surface area contributed by atoms with Crippen molar-refractivity contribution in [1.29, 1.82) is 0 Å². The minimum Gasteiger partial charge on any atom is -0.354 e. The molecule has 5 nitrogen and oxygen atoms in total. The van der Waals surface area contributed by atoms with Crippen LogP contribution in [0.25, 0.3) is 0 Å². The first-order chi connectivity index (χ1) is 11.7. The van der Waals surface area contributed by atoms with Crippen molar-refractivity contribution >= 4 is 29.2 Å². The van der Waals surface area contributed by atoms with Crippen molar-refractivity contribution in [2.75, 3.05) is 23.0 Å². The lowest BCUT2D eigenvalue weighted by molar-refractivity contribution is -0.140. The second kappa shape index (κ2) is 7.08. The van der Waals surface area contributed by atoms with Gasteiger partial charge in [-0.15, -0.1) is 0 Å². The van der Waals surface area contributed by atoms with Crippen LogP contribution in [0.1, 0.15) is 6.42 Å². The third-order valence-corrected chi connectivity index (χ3v) is 4.23. The average Bonchev–Trinajstić information content (AvgIpc) is 2.67. The van der Waals surface area contributed by atoms with Gasteiger partial charge in [-0.1, -0.05) is 36.4 Å². The summed E-state index contributed by atoms with van der Waals surface area (Å²) in [5, 5.41) is 0. The van der Waals surface area contributed by atoms with E-state index in [1.807, 2.05) is 65.6 Å². The van der Waals surface area contributed by atoms with Gasteiger partial charge in [0.25, 0.3) is 5.78 Å². The molecule has 1 heterocycles. The van der Waals surface area contributed by atoms with E-state index in [9.17, 15) is 14.4 Å². The molecule has 1 fully saturated rings. The summed E-state index contributed by atoms with van der Waals surface area (Å²) in [6, 6.07) is 18.8. The molecule has 0 saturated carbocycles. The number of ketones is 2. The SMILES string of the molecule is O=CC(=O)C(=O)C1CCN(c2ccccc2)CN1c1ccccc1. The zero-order valence-corrected chi connectivity index (χ0v) is 13.2. The number of carbonyl (C=O) groups is 3. The first-order valence-corrected chi connectivity index (χ1v) is 7.86. The maximum Gasteiger partial charge on any atom is 0.263 e. The zero-order valence-electron chi connectivity index (χ0n) is 13.2. The van der Waals surface area contributed by atoms with Crippen molar-refractivity contribution < 1.29 is 14.4 Å². The van der Waals surface area contributed by atoms with Crippen LogP contribution in [-0.2, 0) is 14.4 Å². The molecular formula is C19H18N2O3. The van der Waals surface area contributed by atoms with Gasteiger partial charge in [-0.05, 0) is 30.7 Å². The molecular weight excluding hydrogens is 304 g/mol. The van der Waals surface area contributed by atoms with Crippen molar-refractivity contribution in [1.82, 2.24) is 0 Å². The standard InChI is InChI=1S/C19H18N2O3/c22-13-18(23)19(24)17-11-12-20(15-7-3-1-4-8-15)14-21(17)16-9-5-2-6-10-16/h1-10,13,17H,11-12,14H2. The molecule has 24 heavy (non-hydrogen) atoms. The number of nitrogens with zero attached hydrogens (tertiary/aromatic N) is 2. The Morgan fingerprint density at radius 2 is 1.50 bits per heavy atom. The lowest BCUT2D eigenvalue weighted by atomic mass is 10.0. The lowest BCUT2D eigenvalue weighted by Crippen LogP contribution is -2.55. The van der Waals surface area contributed by atoms with Gasteiger partial charge < -0.3 is 9.80 Å². The number of aldehydes is 1. The van der Waals surface area contributed by atoms with E-state index in [0.29, 0.717) is 19.6 Å². The van der Waals surface area contributed by atoms with Crippen LogP contribution in [0.15, 0.2) is 60.7 Å². The summed E-state index contributed by atoms with van der Waals surface area (Å²) in [6.07, 6.45) is 0.595. The summed E-state index contributed by atoms with van der Waals surface area (Å²) in [7, 11) is 0. The van der Waals surface area contributed by atoms with E-state index in [4.69, 9.17) is 0 Å². The Labute approximate surface area is 140 Å². The molecule has 122 valence electrons. The number of carbonyl (C=O) groups excluding carboxylic acids is 3. The van der Waals surface area contributed by atoms with Crippen LogP contribution < -0.4 is 9.80 Å². The predicted octanol–water partition coefficient (Wildman–Crippen LogP) is 2.07. The highest BCUT2D eigenvalue weighted by atomic mass is 16.2. The summed E-state index contributed by atoms with van der Waals surface area (Å²) in [6.45, 7) is 1.13. The fraction of sp³-hybridized carbons (Fsp3) is 0.211. The molecule has 0 aromatic heterocycles. The van der Waals surface area contributed by atoms with E-state index < -0.39 is 17.6 Å². The van der Waals surface area contributed by atoms with Crippen molar-refractivity contribution in [3.05, 3.63) is 60.7 Å². The number of hydrogen-bond acceptors (Lipinski definition) is 5. The molecule has 0 bridgehead atoms. The number of para-hydroxylation sites is 2. The number of hydrogen-bond donors (Lipinski definition) is 0. The molecule has 0 radical (unpaired) electrons. The van der Waals surface area contributed by atoms with Gasteiger partial charge in [0.15, 0.2) is 6.29 Å². The van der Waals surface area contributed by atoms with Gasteiger partial charge in [0.1, 0.15) is 0 Å². The fourth-order valence-corrected chi connectivity index (χ4v) is 3.01. The van der Waals surface area contributed by atoms with Crippen LogP contribution in [0.2, 0.25) is 0 Å². The number of Topliss-reactive ketones (excluding diaryl/α,β-unsaturated/α-hetero) is 2. The normalized spacial score (nSPS) is 17.4. The second-order valence-electron chi connectivity index (χ2n) is 5.70. The average molecular weight is 322 g/mol. The summed E-state index contributed by atoms with van der Waals surface area (Å²) in [5.41, 5.74) is 1.92. The first kappa shape index (κ1) is 15.9. The minimum absolute atomic E-state index is 0.106. The monoisotopic (exact) mass is 322 g/mol. The first-order valence-electron chi connectivity index (χ1n) is 7.86. The van der Waals surface area contributed by atoms with Gasteiger partial charge >= 0.3 is 0 Å². The number of anilines is 2. The third-order valence-electron chi connectivity index (χ3n) is 4.23. The van der Waals surface area contributed by atoms with Gasteiger partial charge in [-0.2, -0.15) is 0 Å². The molecule has 2 aromatic carbocycles. The van der Waals surface area contributed by atoms with Crippen LogP contribution in [0, 0.1) is 0 Å². The molecule has 1 saturated heterocycles. The Kier molecular flexibility index (Phi) is 4.70. The van der Waals surface area contributed by atoms with E-state index in [1.165, 1.54) is 0 Å². The smallest absolute Gasteiger partial charge is 0.263 e. The Bertz CT molecular complexity index is 731. The van der Waals surface area contributed by atoms with Crippen molar-refractivity contribution in [3.63, 3.8) is 0 Å². The van der Waals surface area contributed by atoms with Crippen LogP contribution in [0.5, 0.6) is 0 Å².